The van der Waals surface area contributed by atoms with Crippen LogP contribution in [0.1, 0.15) is 30.1 Å². The number of hydrogen-bond acceptors (Lipinski definition) is 4. The maximum absolute atomic E-state index is 13.2. The number of sulfonamides is 1. The Bertz CT molecular complexity index is 1250. The lowest BCUT2D eigenvalue weighted by Crippen LogP contribution is -2.43. The van der Waals surface area contributed by atoms with E-state index in [9.17, 15) is 18.0 Å². The number of amides is 2. The van der Waals surface area contributed by atoms with Crippen molar-refractivity contribution >= 4 is 33.2 Å². The average molecular weight is 478 g/mol. The molecule has 0 aromatic heterocycles. The van der Waals surface area contributed by atoms with Crippen LogP contribution in [0.25, 0.3) is 0 Å². The molecule has 0 radical (unpaired) electrons. The van der Waals surface area contributed by atoms with E-state index in [1.54, 1.807) is 48.2 Å². The molecule has 0 saturated carbocycles. The molecule has 1 fully saturated rings. The Balaban J connectivity index is 1.51. The van der Waals surface area contributed by atoms with Gasteiger partial charge in [-0.3, -0.25) is 13.9 Å². The van der Waals surface area contributed by atoms with Gasteiger partial charge in [-0.2, -0.15) is 0 Å². The minimum Gasteiger partial charge on any atom is -0.327 e. The van der Waals surface area contributed by atoms with Gasteiger partial charge in [0.25, 0.3) is 15.9 Å². The van der Waals surface area contributed by atoms with E-state index in [1.807, 2.05) is 24.3 Å². The van der Waals surface area contributed by atoms with Gasteiger partial charge in [-0.05, 0) is 68.3 Å². The molecule has 2 amide bonds. The van der Waals surface area contributed by atoms with E-state index in [2.05, 4.69) is 5.32 Å². The first-order chi connectivity index (χ1) is 16.4. The fourth-order valence-electron chi connectivity index (χ4n) is 4.18. The zero-order chi connectivity index (χ0) is 24.1. The minimum atomic E-state index is -3.78. The van der Waals surface area contributed by atoms with Gasteiger partial charge in [-0.15, -0.1) is 0 Å². The lowest BCUT2D eigenvalue weighted by Gasteiger charge is -2.25. The van der Waals surface area contributed by atoms with Crippen LogP contribution in [0.3, 0.4) is 0 Å². The molecule has 8 heteroatoms. The largest absolute Gasteiger partial charge is 0.327 e. The number of carbonyl (C=O) groups excluding carboxylic acids is 2. The van der Waals surface area contributed by atoms with Crippen molar-refractivity contribution < 1.29 is 18.0 Å². The van der Waals surface area contributed by atoms with E-state index in [-0.39, 0.29) is 23.3 Å². The van der Waals surface area contributed by atoms with Crippen LogP contribution in [0.2, 0.25) is 0 Å². The highest BCUT2D eigenvalue weighted by Gasteiger charge is 2.35. The van der Waals surface area contributed by atoms with Gasteiger partial charge in [-0.25, -0.2) is 8.42 Å². The summed E-state index contributed by atoms with van der Waals surface area (Å²) in [6, 6.07) is 23.4. The van der Waals surface area contributed by atoms with E-state index in [4.69, 9.17) is 0 Å². The van der Waals surface area contributed by atoms with Crippen LogP contribution in [0.4, 0.5) is 11.4 Å². The Morgan fingerprint density at radius 3 is 2.18 bits per heavy atom. The van der Waals surface area contributed by atoms with E-state index < -0.39 is 16.1 Å². The minimum absolute atomic E-state index is 0.106. The Morgan fingerprint density at radius 2 is 1.56 bits per heavy atom. The number of benzene rings is 3. The summed E-state index contributed by atoms with van der Waals surface area (Å²) < 4.78 is 27.7. The van der Waals surface area contributed by atoms with Gasteiger partial charge in [0.05, 0.1) is 10.6 Å². The van der Waals surface area contributed by atoms with Crippen LogP contribution < -0.4 is 9.62 Å². The molecule has 3 aromatic carbocycles. The van der Waals surface area contributed by atoms with Gasteiger partial charge < -0.3 is 10.2 Å². The van der Waals surface area contributed by atoms with Crippen molar-refractivity contribution in [2.24, 2.45) is 0 Å². The predicted molar refractivity (Wildman–Crippen MR) is 132 cm³/mol. The highest BCUT2D eigenvalue weighted by molar-refractivity contribution is 7.92. The third-order valence-corrected chi connectivity index (χ3v) is 7.80. The van der Waals surface area contributed by atoms with Crippen molar-refractivity contribution in [3.05, 3.63) is 90.5 Å². The molecular formula is C26H27N3O4S. The van der Waals surface area contributed by atoms with Crippen LogP contribution in [-0.2, 0) is 14.8 Å². The Morgan fingerprint density at radius 1 is 0.941 bits per heavy atom. The molecule has 7 nitrogen and oxygen atoms in total. The van der Waals surface area contributed by atoms with Crippen molar-refractivity contribution in [1.82, 2.24) is 4.90 Å². The first-order valence-corrected chi connectivity index (χ1v) is 12.7. The van der Waals surface area contributed by atoms with Crippen molar-refractivity contribution in [3.8, 4) is 0 Å². The van der Waals surface area contributed by atoms with E-state index in [0.29, 0.717) is 29.9 Å². The number of para-hydroxylation sites is 2. The lowest BCUT2D eigenvalue weighted by molar-refractivity contribution is -0.119. The summed E-state index contributed by atoms with van der Waals surface area (Å²) in [7, 11) is -3.78. The number of rotatable bonds is 7. The molecule has 1 N–H and O–H groups in total. The van der Waals surface area contributed by atoms with Gasteiger partial charge in [0.15, 0.2) is 0 Å². The molecular weight excluding hydrogens is 450 g/mol. The van der Waals surface area contributed by atoms with Crippen molar-refractivity contribution in [2.75, 3.05) is 22.7 Å². The fraction of sp³-hybridized carbons (Fsp3) is 0.231. The smallest absolute Gasteiger partial charge is 0.264 e. The van der Waals surface area contributed by atoms with Crippen LogP contribution >= 0.6 is 0 Å². The first-order valence-electron chi connectivity index (χ1n) is 11.3. The third kappa shape index (κ3) is 4.82. The average Bonchev–Trinajstić information content (AvgIpc) is 3.35. The summed E-state index contributed by atoms with van der Waals surface area (Å²) in [6.07, 6.45) is 1.31. The highest BCUT2D eigenvalue weighted by Crippen LogP contribution is 2.25. The second kappa shape index (κ2) is 10.1. The third-order valence-electron chi connectivity index (χ3n) is 5.88. The van der Waals surface area contributed by atoms with Crippen LogP contribution in [0.5, 0.6) is 0 Å². The Labute approximate surface area is 200 Å². The van der Waals surface area contributed by atoms with Crippen molar-refractivity contribution in [2.45, 2.75) is 30.7 Å². The molecule has 1 unspecified atom stereocenters. The van der Waals surface area contributed by atoms with E-state index >= 15 is 0 Å². The van der Waals surface area contributed by atoms with Gasteiger partial charge >= 0.3 is 0 Å². The molecule has 34 heavy (non-hydrogen) atoms. The van der Waals surface area contributed by atoms with Gasteiger partial charge in [0, 0.05) is 24.3 Å². The normalized spacial score (nSPS) is 15.7. The van der Waals surface area contributed by atoms with Crippen molar-refractivity contribution in [1.29, 1.82) is 0 Å². The van der Waals surface area contributed by atoms with E-state index in [0.717, 1.165) is 6.42 Å². The van der Waals surface area contributed by atoms with Crippen LogP contribution in [0.15, 0.2) is 89.8 Å². The molecule has 1 saturated heterocycles. The monoisotopic (exact) mass is 477 g/mol. The molecule has 0 aliphatic carbocycles. The topological polar surface area (TPSA) is 86.8 Å². The zero-order valence-corrected chi connectivity index (χ0v) is 19.7. The van der Waals surface area contributed by atoms with Gasteiger partial charge in [0.2, 0.25) is 5.91 Å². The fourth-order valence-corrected chi connectivity index (χ4v) is 5.65. The zero-order valence-electron chi connectivity index (χ0n) is 18.9. The first kappa shape index (κ1) is 23.5. The molecule has 1 aliphatic heterocycles. The molecule has 1 aliphatic rings. The summed E-state index contributed by atoms with van der Waals surface area (Å²) in [5, 5.41) is 2.87. The number of nitrogens with zero attached hydrogens (tertiary/aromatic N) is 2. The predicted octanol–water partition coefficient (Wildman–Crippen LogP) is 4.15. The summed E-state index contributed by atoms with van der Waals surface area (Å²) in [6.45, 7) is 2.53. The second-order valence-electron chi connectivity index (χ2n) is 8.04. The number of carbonyl (C=O) groups is 2. The van der Waals surface area contributed by atoms with Crippen LogP contribution in [0, 0.1) is 0 Å². The maximum Gasteiger partial charge on any atom is 0.264 e. The summed E-state index contributed by atoms with van der Waals surface area (Å²) >= 11 is 0. The molecule has 3 aromatic rings. The molecule has 176 valence electrons. The highest BCUT2D eigenvalue weighted by atomic mass is 32.2. The molecule has 1 atom stereocenters. The molecule has 4 rings (SSSR count). The van der Waals surface area contributed by atoms with Gasteiger partial charge in [-0.1, -0.05) is 36.4 Å². The Hall–Kier alpha value is -3.65. The lowest BCUT2D eigenvalue weighted by atomic mass is 10.1. The summed E-state index contributed by atoms with van der Waals surface area (Å²) in [5.41, 5.74) is 1.61. The number of anilines is 2. The molecule has 0 spiro atoms. The Kier molecular flexibility index (Phi) is 6.98. The SMILES string of the molecule is CCN(c1ccccc1)S(=O)(=O)c1ccc(C(=O)N2CCCC2C(=O)Nc2ccccc2)cc1. The maximum atomic E-state index is 13.2. The van der Waals surface area contributed by atoms with Gasteiger partial charge in [0.1, 0.15) is 6.04 Å². The molecule has 0 bridgehead atoms. The van der Waals surface area contributed by atoms with Crippen LogP contribution in [-0.4, -0.2) is 44.3 Å². The number of hydrogen-bond donors (Lipinski definition) is 1. The summed E-state index contributed by atoms with van der Waals surface area (Å²) in [4.78, 5) is 27.6. The summed E-state index contributed by atoms with van der Waals surface area (Å²) in [5.74, 6) is -0.511. The quantitative estimate of drug-likeness (QED) is 0.554. The molecule has 1 heterocycles. The number of likely N-dealkylation sites (tertiary alicyclic amines) is 1. The number of nitrogens with one attached hydrogen (secondary N) is 1. The standard InChI is InChI=1S/C26H27N3O4S/c1-2-29(22-12-7-4-8-13-22)34(32,33)23-17-15-20(16-18-23)26(31)28-19-9-14-24(28)25(30)27-21-10-5-3-6-11-21/h3-8,10-13,15-18,24H,2,9,14,19H2,1H3,(H,27,30). The van der Waals surface area contributed by atoms with Crippen molar-refractivity contribution in [3.63, 3.8) is 0 Å². The second-order valence-corrected chi connectivity index (χ2v) is 9.90. The van der Waals surface area contributed by atoms with E-state index in [1.165, 1.54) is 28.6 Å².